The van der Waals surface area contributed by atoms with Crippen LogP contribution < -0.4 is 0 Å². The van der Waals surface area contributed by atoms with Gasteiger partial charge in [0.1, 0.15) is 12.2 Å². The maximum atomic E-state index is 10.8. The Morgan fingerprint density at radius 1 is 1.21 bits per heavy atom. The zero-order valence-corrected chi connectivity index (χ0v) is 8.27. The molecule has 2 N–H and O–H groups in total. The highest BCUT2D eigenvalue weighted by Gasteiger charge is 2.21. The summed E-state index contributed by atoms with van der Waals surface area (Å²) in [6.45, 7) is 3.18. The Labute approximate surface area is 83.0 Å². The molecule has 3 nitrogen and oxygen atoms in total. The fourth-order valence-corrected chi connectivity index (χ4v) is 1.17. The van der Waals surface area contributed by atoms with Crippen molar-refractivity contribution >= 4 is 5.78 Å². The van der Waals surface area contributed by atoms with E-state index in [2.05, 4.69) is 0 Å². The van der Waals surface area contributed by atoms with Crippen molar-refractivity contribution in [2.75, 3.05) is 0 Å². The summed E-state index contributed by atoms with van der Waals surface area (Å²) in [7, 11) is 0. The Hall–Kier alpha value is -1.19. The van der Waals surface area contributed by atoms with Gasteiger partial charge in [0.2, 0.25) is 0 Å². The number of Topliss-reactive ketones (excluding diaryl/α,β-unsaturated/α-hetero) is 1. The van der Waals surface area contributed by atoms with Crippen molar-refractivity contribution in [1.29, 1.82) is 0 Å². The molecule has 0 aliphatic carbocycles. The van der Waals surface area contributed by atoms with E-state index in [0.29, 0.717) is 5.56 Å². The molecule has 2 atom stereocenters. The number of rotatable bonds is 3. The van der Waals surface area contributed by atoms with Crippen molar-refractivity contribution in [2.45, 2.75) is 26.1 Å². The molecule has 0 aromatic heterocycles. The highest BCUT2D eigenvalue weighted by Crippen LogP contribution is 2.17. The zero-order chi connectivity index (χ0) is 10.7. The quantitative estimate of drug-likeness (QED) is 0.754. The number of aliphatic hydroxyl groups excluding tert-OH is 2. The van der Waals surface area contributed by atoms with Gasteiger partial charge in [-0.25, -0.2) is 0 Å². The van der Waals surface area contributed by atoms with Crippen LogP contribution in [-0.4, -0.2) is 22.1 Å². The molecule has 0 amide bonds. The molecule has 0 saturated carbocycles. The van der Waals surface area contributed by atoms with Crippen LogP contribution in [-0.2, 0) is 4.79 Å². The molecule has 0 saturated heterocycles. The lowest BCUT2D eigenvalue weighted by atomic mass is 10.0. The minimum atomic E-state index is -1.34. The Kier molecular flexibility index (Phi) is 3.38. The van der Waals surface area contributed by atoms with Crippen molar-refractivity contribution in [3.63, 3.8) is 0 Å². The lowest BCUT2D eigenvalue weighted by Crippen LogP contribution is -2.25. The van der Waals surface area contributed by atoms with Gasteiger partial charge in [-0.05, 0) is 19.4 Å². The van der Waals surface area contributed by atoms with Crippen LogP contribution in [0, 0.1) is 6.92 Å². The molecule has 1 rings (SSSR count). The minimum Gasteiger partial charge on any atom is -0.385 e. The molecule has 0 unspecified atom stereocenters. The van der Waals surface area contributed by atoms with Gasteiger partial charge >= 0.3 is 0 Å². The van der Waals surface area contributed by atoms with E-state index in [1.165, 1.54) is 6.92 Å². The van der Waals surface area contributed by atoms with E-state index >= 15 is 0 Å². The number of aryl methyl sites for hydroxylation is 1. The molecular weight excluding hydrogens is 180 g/mol. The largest absolute Gasteiger partial charge is 0.385 e. The highest BCUT2D eigenvalue weighted by molar-refractivity contribution is 5.80. The first kappa shape index (κ1) is 10.9. The molecular formula is C11H14O3. The predicted molar refractivity (Wildman–Crippen MR) is 52.8 cm³/mol. The molecule has 1 aromatic rings. The minimum absolute atomic E-state index is 0.432. The molecule has 0 radical (unpaired) electrons. The number of aliphatic hydroxyl groups is 2. The van der Waals surface area contributed by atoms with Crippen LogP contribution in [0.4, 0.5) is 0 Å². The highest BCUT2D eigenvalue weighted by atomic mass is 16.3. The Bertz CT molecular complexity index is 316. The summed E-state index contributed by atoms with van der Waals surface area (Å²) in [5.41, 5.74) is 1.62. The molecule has 3 heteroatoms. The van der Waals surface area contributed by atoms with E-state index < -0.39 is 18.0 Å². The van der Waals surface area contributed by atoms with Gasteiger partial charge in [-0.3, -0.25) is 4.79 Å². The first-order chi connectivity index (χ1) is 6.52. The number of carbonyl (C=O) groups is 1. The zero-order valence-electron chi connectivity index (χ0n) is 8.27. The Morgan fingerprint density at radius 3 is 2.14 bits per heavy atom. The smallest absolute Gasteiger partial charge is 0.161 e. The molecule has 0 aliphatic rings. The van der Waals surface area contributed by atoms with E-state index in [4.69, 9.17) is 0 Å². The third-order valence-corrected chi connectivity index (χ3v) is 2.13. The summed E-state index contributed by atoms with van der Waals surface area (Å²) in [5, 5.41) is 18.9. The molecule has 1 aromatic carbocycles. The number of hydrogen-bond acceptors (Lipinski definition) is 3. The maximum Gasteiger partial charge on any atom is 0.161 e. The number of benzene rings is 1. The van der Waals surface area contributed by atoms with Crippen molar-refractivity contribution in [2.24, 2.45) is 0 Å². The van der Waals surface area contributed by atoms with Crippen molar-refractivity contribution in [3.8, 4) is 0 Å². The maximum absolute atomic E-state index is 10.8. The van der Waals surface area contributed by atoms with E-state index in [0.717, 1.165) is 5.56 Å². The van der Waals surface area contributed by atoms with Crippen LogP contribution in [0.25, 0.3) is 0 Å². The molecule has 0 bridgehead atoms. The van der Waals surface area contributed by atoms with Crippen molar-refractivity contribution in [3.05, 3.63) is 35.4 Å². The van der Waals surface area contributed by atoms with Crippen LogP contribution in [0.3, 0.4) is 0 Å². The van der Waals surface area contributed by atoms with Crippen molar-refractivity contribution < 1.29 is 15.0 Å². The lowest BCUT2D eigenvalue weighted by Gasteiger charge is -2.15. The van der Waals surface area contributed by atoms with Crippen LogP contribution in [0.2, 0.25) is 0 Å². The van der Waals surface area contributed by atoms with Gasteiger partial charge in [-0.2, -0.15) is 0 Å². The summed E-state index contributed by atoms with van der Waals surface area (Å²) in [4.78, 5) is 10.8. The Balaban J connectivity index is 2.84. The number of hydrogen-bond donors (Lipinski definition) is 2. The van der Waals surface area contributed by atoms with Gasteiger partial charge in [-0.1, -0.05) is 29.8 Å². The van der Waals surface area contributed by atoms with E-state index in [1.807, 2.05) is 19.1 Å². The van der Waals surface area contributed by atoms with Gasteiger partial charge in [0.05, 0.1) is 0 Å². The van der Waals surface area contributed by atoms with Crippen LogP contribution in [0.15, 0.2) is 24.3 Å². The van der Waals surface area contributed by atoms with Crippen LogP contribution in [0.5, 0.6) is 0 Å². The second-order valence-electron chi connectivity index (χ2n) is 3.41. The fourth-order valence-electron chi connectivity index (χ4n) is 1.17. The average molecular weight is 194 g/mol. The standard InChI is InChI=1S/C11H14O3/c1-7-3-5-9(6-4-7)11(14)10(13)8(2)12/h3-6,10-11,13-14H,1-2H3/t10-,11+/m1/s1. The van der Waals surface area contributed by atoms with E-state index in [-0.39, 0.29) is 0 Å². The monoisotopic (exact) mass is 194 g/mol. The normalized spacial score (nSPS) is 14.9. The predicted octanol–water partition coefficient (Wildman–Crippen LogP) is 0.978. The summed E-state index contributed by atoms with van der Waals surface area (Å²) >= 11 is 0. The summed E-state index contributed by atoms with van der Waals surface area (Å²) in [6, 6.07) is 7.05. The summed E-state index contributed by atoms with van der Waals surface area (Å²) < 4.78 is 0. The molecule has 14 heavy (non-hydrogen) atoms. The molecule has 0 fully saturated rings. The van der Waals surface area contributed by atoms with Crippen molar-refractivity contribution in [1.82, 2.24) is 0 Å². The van der Waals surface area contributed by atoms with Gasteiger partial charge in [-0.15, -0.1) is 0 Å². The molecule has 0 heterocycles. The van der Waals surface area contributed by atoms with Gasteiger partial charge in [0.15, 0.2) is 5.78 Å². The van der Waals surface area contributed by atoms with Gasteiger partial charge in [0, 0.05) is 0 Å². The fraction of sp³-hybridized carbons (Fsp3) is 0.364. The summed E-state index contributed by atoms with van der Waals surface area (Å²) in [6.07, 6.45) is -2.47. The molecule has 0 spiro atoms. The van der Waals surface area contributed by atoms with Gasteiger partial charge < -0.3 is 10.2 Å². The van der Waals surface area contributed by atoms with Crippen LogP contribution in [0.1, 0.15) is 24.2 Å². The topological polar surface area (TPSA) is 57.5 Å². The second kappa shape index (κ2) is 4.35. The number of ketones is 1. The Morgan fingerprint density at radius 2 is 1.71 bits per heavy atom. The number of carbonyl (C=O) groups excluding carboxylic acids is 1. The van der Waals surface area contributed by atoms with E-state index in [9.17, 15) is 15.0 Å². The average Bonchev–Trinajstić information content (AvgIpc) is 2.16. The van der Waals surface area contributed by atoms with E-state index in [1.54, 1.807) is 12.1 Å². The third-order valence-electron chi connectivity index (χ3n) is 2.13. The second-order valence-corrected chi connectivity index (χ2v) is 3.41. The molecule has 76 valence electrons. The van der Waals surface area contributed by atoms with Gasteiger partial charge in [0.25, 0.3) is 0 Å². The first-order valence-electron chi connectivity index (χ1n) is 4.45. The van der Waals surface area contributed by atoms with Crippen LogP contribution >= 0.6 is 0 Å². The lowest BCUT2D eigenvalue weighted by molar-refractivity contribution is -0.130. The third kappa shape index (κ3) is 2.40. The first-order valence-corrected chi connectivity index (χ1v) is 4.45. The SMILES string of the molecule is CC(=O)[C@@H](O)[C@@H](O)c1ccc(C)cc1. The molecule has 0 aliphatic heterocycles. The summed E-state index contributed by atoms with van der Waals surface area (Å²) in [5.74, 6) is -0.432.